The van der Waals surface area contributed by atoms with Crippen LogP contribution in [0.15, 0.2) is 47.0 Å². The Bertz CT molecular complexity index is 934. The van der Waals surface area contributed by atoms with Crippen molar-refractivity contribution in [2.45, 2.75) is 0 Å². The topological polar surface area (TPSA) is 89.0 Å². The molecule has 0 saturated carbocycles. The summed E-state index contributed by atoms with van der Waals surface area (Å²) in [6.07, 6.45) is 4.48. The van der Waals surface area contributed by atoms with Gasteiger partial charge in [0.2, 0.25) is 5.89 Å². The molecule has 0 radical (unpaired) electrons. The van der Waals surface area contributed by atoms with E-state index < -0.39 is 5.97 Å². The minimum Gasteiger partial charge on any atom is -0.466 e. The number of carbonyl (C=O) groups is 1. The third-order valence-electron chi connectivity index (χ3n) is 3.14. The van der Waals surface area contributed by atoms with Crippen molar-refractivity contribution in [3.05, 3.63) is 53.7 Å². The summed E-state index contributed by atoms with van der Waals surface area (Å²) >= 11 is 0. The molecule has 0 aliphatic rings. The van der Waals surface area contributed by atoms with Crippen molar-refractivity contribution < 1.29 is 13.9 Å². The quantitative estimate of drug-likeness (QED) is 0.546. The Labute approximate surface area is 131 Å². The Morgan fingerprint density at radius 3 is 2.83 bits per heavy atom. The number of carbonyl (C=O) groups excluding carboxylic acids is 1. The van der Waals surface area contributed by atoms with Crippen molar-refractivity contribution in [3.63, 3.8) is 0 Å². The molecule has 3 rings (SSSR count). The van der Waals surface area contributed by atoms with Crippen LogP contribution in [0.4, 0.5) is 0 Å². The SMILES string of the molecule is COC(=O)/C=C/c1cnc2nc(-c3ccc(C#N)cc3)oc2c1. The van der Waals surface area contributed by atoms with Gasteiger partial charge in [0, 0.05) is 17.8 Å². The highest BCUT2D eigenvalue weighted by Gasteiger charge is 2.09. The first-order chi connectivity index (χ1) is 11.2. The Balaban J connectivity index is 1.94. The molecule has 1 aromatic carbocycles. The van der Waals surface area contributed by atoms with Crippen LogP contribution in [0.3, 0.4) is 0 Å². The van der Waals surface area contributed by atoms with Crippen LogP contribution in [-0.2, 0) is 9.53 Å². The number of oxazole rings is 1. The van der Waals surface area contributed by atoms with Crippen molar-refractivity contribution in [2.24, 2.45) is 0 Å². The zero-order chi connectivity index (χ0) is 16.2. The number of pyridine rings is 1. The molecule has 0 N–H and O–H groups in total. The summed E-state index contributed by atoms with van der Waals surface area (Å²) in [5.41, 5.74) is 3.01. The maximum absolute atomic E-state index is 11.1. The highest BCUT2D eigenvalue weighted by molar-refractivity contribution is 5.87. The van der Waals surface area contributed by atoms with Crippen LogP contribution in [0, 0.1) is 11.3 Å². The Hall–Kier alpha value is -3.46. The van der Waals surface area contributed by atoms with Crippen LogP contribution in [-0.4, -0.2) is 23.0 Å². The lowest BCUT2D eigenvalue weighted by Gasteiger charge is -1.94. The van der Waals surface area contributed by atoms with E-state index in [4.69, 9.17) is 9.68 Å². The van der Waals surface area contributed by atoms with Gasteiger partial charge in [-0.3, -0.25) is 0 Å². The second-order valence-corrected chi connectivity index (χ2v) is 4.66. The fraction of sp³-hybridized carbons (Fsp3) is 0.0588. The lowest BCUT2D eigenvalue weighted by atomic mass is 10.1. The fourth-order valence-corrected chi connectivity index (χ4v) is 1.97. The molecule has 0 aliphatic carbocycles. The van der Waals surface area contributed by atoms with Gasteiger partial charge in [0.25, 0.3) is 0 Å². The second kappa shape index (κ2) is 6.12. The number of fused-ring (bicyclic) bond motifs is 1. The first-order valence-corrected chi connectivity index (χ1v) is 6.73. The predicted octanol–water partition coefficient (Wildman–Crippen LogP) is 2.95. The average Bonchev–Trinajstić information content (AvgIpc) is 3.03. The van der Waals surface area contributed by atoms with E-state index in [0.29, 0.717) is 28.2 Å². The van der Waals surface area contributed by atoms with Gasteiger partial charge in [-0.15, -0.1) is 0 Å². The molecule has 0 amide bonds. The molecule has 2 heterocycles. The molecule has 112 valence electrons. The van der Waals surface area contributed by atoms with E-state index in [-0.39, 0.29) is 0 Å². The molecule has 0 atom stereocenters. The van der Waals surface area contributed by atoms with E-state index in [1.807, 2.05) is 0 Å². The maximum Gasteiger partial charge on any atom is 0.330 e. The highest BCUT2D eigenvalue weighted by Crippen LogP contribution is 2.24. The standard InChI is InChI=1S/C17H11N3O3/c1-22-15(21)7-4-12-8-14-16(19-10-12)20-17(23-14)13-5-2-11(9-18)3-6-13/h2-8,10H,1H3/b7-4+. The molecular formula is C17H11N3O3. The molecular weight excluding hydrogens is 294 g/mol. The number of esters is 1. The third-order valence-corrected chi connectivity index (χ3v) is 3.14. The molecule has 6 heteroatoms. The average molecular weight is 305 g/mol. The number of rotatable bonds is 3. The monoisotopic (exact) mass is 305 g/mol. The molecule has 0 saturated heterocycles. The van der Waals surface area contributed by atoms with Gasteiger partial charge in [-0.2, -0.15) is 10.2 Å². The van der Waals surface area contributed by atoms with Crippen molar-refractivity contribution in [2.75, 3.05) is 7.11 Å². The summed E-state index contributed by atoms with van der Waals surface area (Å²) in [7, 11) is 1.31. The third kappa shape index (κ3) is 3.09. The second-order valence-electron chi connectivity index (χ2n) is 4.66. The van der Waals surface area contributed by atoms with Gasteiger partial charge in [0.1, 0.15) is 0 Å². The van der Waals surface area contributed by atoms with Crippen molar-refractivity contribution >= 4 is 23.3 Å². The molecule has 23 heavy (non-hydrogen) atoms. The summed E-state index contributed by atoms with van der Waals surface area (Å²) < 4.78 is 10.2. The van der Waals surface area contributed by atoms with Gasteiger partial charge >= 0.3 is 5.97 Å². The van der Waals surface area contributed by atoms with Gasteiger partial charge in [0.05, 0.1) is 18.7 Å². The number of nitriles is 1. The first-order valence-electron chi connectivity index (χ1n) is 6.73. The van der Waals surface area contributed by atoms with E-state index in [1.165, 1.54) is 13.2 Å². The van der Waals surface area contributed by atoms with Crippen LogP contribution < -0.4 is 0 Å². The van der Waals surface area contributed by atoms with Gasteiger partial charge in [-0.1, -0.05) is 0 Å². The molecule has 2 aromatic heterocycles. The molecule has 0 bridgehead atoms. The Morgan fingerprint density at radius 1 is 1.35 bits per heavy atom. The number of hydrogen-bond acceptors (Lipinski definition) is 6. The van der Waals surface area contributed by atoms with Gasteiger partial charge in [0.15, 0.2) is 11.2 Å². The summed E-state index contributed by atoms with van der Waals surface area (Å²) in [5, 5.41) is 8.81. The summed E-state index contributed by atoms with van der Waals surface area (Å²) in [6.45, 7) is 0. The highest BCUT2D eigenvalue weighted by atomic mass is 16.5. The zero-order valence-electron chi connectivity index (χ0n) is 12.2. The first kappa shape index (κ1) is 14.5. The van der Waals surface area contributed by atoms with Crippen LogP contribution in [0.2, 0.25) is 0 Å². The van der Waals surface area contributed by atoms with E-state index in [1.54, 1.807) is 42.6 Å². The smallest absolute Gasteiger partial charge is 0.330 e. The number of ether oxygens (including phenoxy) is 1. The van der Waals surface area contributed by atoms with Crippen LogP contribution in [0.5, 0.6) is 0 Å². The molecule has 3 aromatic rings. The fourth-order valence-electron chi connectivity index (χ4n) is 1.97. The van der Waals surface area contributed by atoms with E-state index >= 15 is 0 Å². The van der Waals surface area contributed by atoms with Crippen LogP contribution in [0.25, 0.3) is 28.8 Å². The number of hydrogen-bond donors (Lipinski definition) is 0. The van der Waals surface area contributed by atoms with Gasteiger partial charge in [-0.25, -0.2) is 9.78 Å². The molecule has 6 nitrogen and oxygen atoms in total. The van der Waals surface area contributed by atoms with Crippen molar-refractivity contribution in [1.29, 1.82) is 5.26 Å². The maximum atomic E-state index is 11.1. The van der Waals surface area contributed by atoms with E-state index in [2.05, 4.69) is 20.8 Å². The summed E-state index contributed by atoms with van der Waals surface area (Å²) in [6, 6.07) is 10.7. The lowest BCUT2D eigenvalue weighted by molar-refractivity contribution is -0.134. The molecule has 0 fully saturated rings. The minimum absolute atomic E-state index is 0.422. The molecule has 0 spiro atoms. The van der Waals surface area contributed by atoms with Crippen LogP contribution in [0.1, 0.15) is 11.1 Å². The van der Waals surface area contributed by atoms with Gasteiger partial charge in [-0.05, 0) is 42.0 Å². The normalized spacial score (nSPS) is 10.8. The minimum atomic E-state index is -0.444. The Morgan fingerprint density at radius 2 is 2.13 bits per heavy atom. The molecule has 0 aliphatic heterocycles. The lowest BCUT2D eigenvalue weighted by Crippen LogP contribution is -1.93. The Kier molecular flexibility index (Phi) is 3.85. The number of aromatic nitrogens is 2. The number of benzene rings is 1. The van der Waals surface area contributed by atoms with Crippen molar-refractivity contribution in [3.8, 4) is 17.5 Å². The molecule has 0 unspecified atom stereocenters. The van der Waals surface area contributed by atoms with Crippen LogP contribution >= 0.6 is 0 Å². The summed E-state index contributed by atoms with van der Waals surface area (Å²) in [5.74, 6) is -0.0213. The largest absolute Gasteiger partial charge is 0.466 e. The zero-order valence-corrected chi connectivity index (χ0v) is 12.2. The number of nitrogens with zero attached hydrogens (tertiary/aromatic N) is 3. The number of methoxy groups -OCH3 is 1. The van der Waals surface area contributed by atoms with Gasteiger partial charge < -0.3 is 9.15 Å². The summed E-state index contributed by atoms with van der Waals surface area (Å²) in [4.78, 5) is 19.6. The van der Waals surface area contributed by atoms with E-state index in [9.17, 15) is 4.79 Å². The van der Waals surface area contributed by atoms with Crippen molar-refractivity contribution in [1.82, 2.24) is 9.97 Å². The predicted molar refractivity (Wildman–Crippen MR) is 83.0 cm³/mol. The van der Waals surface area contributed by atoms with E-state index in [0.717, 1.165) is 5.56 Å².